The number of benzene rings is 4. The summed E-state index contributed by atoms with van der Waals surface area (Å²) in [6.45, 7) is 0.343. The van der Waals surface area contributed by atoms with E-state index in [-0.39, 0.29) is 12.3 Å². The van der Waals surface area contributed by atoms with Gasteiger partial charge in [0.05, 0.1) is 24.1 Å². The Hall–Kier alpha value is -4.56. The molecule has 0 spiro atoms. The third-order valence-corrected chi connectivity index (χ3v) is 6.78. The maximum absolute atomic E-state index is 12.8. The van der Waals surface area contributed by atoms with Crippen molar-refractivity contribution < 1.29 is 24.2 Å². The summed E-state index contributed by atoms with van der Waals surface area (Å²) in [4.78, 5) is 28.7. The summed E-state index contributed by atoms with van der Waals surface area (Å²) in [7, 11) is 1.63. The summed E-state index contributed by atoms with van der Waals surface area (Å²) in [5.41, 5.74) is 3.05. The van der Waals surface area contributed by atoms with Gasteiger partial charge in [-0.1, -0.05) is 48.5 Å². The van der Waals surface area contributed by atoms with Gasteiger partial charge >= 0.3 is 5.97 Å². The molecule has 0 unspecified atom stereocenters. The number of ether oxygens (including phenoxy) is 2. The molecule has 1 aliphatic rings. The maximum Gasteiger partial charge on any atom is 0.307 e. The number of amidine groups is 1. The first kappa shape index (κ1) is 25.1. The van der Waals surface area contributed by atoms with Crippen LogP contribution in [0.1, 0.15) is 16.7 Å². The molecule has 8 heteroatoms. The van der Waals surface area contributed by atoms with E-state index < -0.39 is 5.97 Å². The first-order valence-corrected chi connectivity index (χ1v) is 12.7. The smallest absolute Gasteiger partial charge is 0.307 e. The number of carbonyl (C=O) groups excluding carboxylic acids is 1. The summed E-state index contributed by atoms with van der Waals surface area (Å²) >= 11 is 1.24. The van der Waals surface area contributed by atoms with Crippen LogP contribution in [-0.4, -0.2) is 29.3 Å². The Kier molecular flexibility index (Phi) is 7.42. The average molecular weight is 525 g/mol. The minimum atomic E-state index is -0.891. The first-order chi connectivity index (χ1) is 18.5. The van der Waals surface area contributed by atoms with Crippen LogP contribution in [-0.2, 0) is 22.6 Å². The molecular weight excluding hydrogens is 500 g/mol. The molecule has 0 saturated carbocycles. The second-order valence-electron chi connectivity index (χ2n) is 8.60. The summed E-state index contributed by atoms with van der Waals surface area (Å²) in [6.07, 6.45) is 1.76. The molecular formula is C30H24N2O5S. The quantitative estimate of drug-likeness (QED) is 0.277. The Morgan fingerprint density at radius 3 is 2.47 bits per heavy atom. The third-order valence-electron chi connectivity index (χ3n) is 5.87. The molecule has 190 valence electrons. The molecule has 1 amide bonds. The van der Waals surface area contributed by atoms with Gasteiger partial charge in [0.15, 0.2) is 5.17 Å². The van der Waals surface area contributed by atoms with E-state index in [0.29, 0.717) is 33.7 Å². The molecule has 1 heterocycles. The Morgan fingerprint density at radius 2 is 1.74 bits per heavy atom. The molecule has 1 fully saturated rings. The number of aliphatic carboxylic acids is 1. The predicted molar refractivity (Wildman–Crippen MR) is 150 cm³/mol. The van der Waals surface area contributed by atoms with Gasteiger partial charge in [-0.05, 0) is 76.1 Å². The highest BCUT2D eigenvalue weighted by molar-refractivity contribution is 8.18. The number of hydrogen-bond donors (Lipinski definition) is 2. The molecule has 1 aliphatic heterocycles. The topological polar surface area (TPSA) is 97.2 Å². The van der Waals surface area contributed by atoms with E-state index in [1.54, 1.807) is 31.4 Å². The van der Waals surface area contributed by atoms with Gasteiger partial charge in [0.1, 0.15) is 18.1 Å². The molecule has 0 radical (unpaired) electrons. The summed E-state index contributed by atoms with van der Waals surface area (Å²) < 4.78 is 11.5. The van der Waals surface area contributed by atoms with E-state index in [2.05, 4.69) is 10.3 Å². The molecule has 4 aromatic rings. The zero-order valence-electron chi connectivity index (χ0n) is 20.5. The monoisotopic (exact) mass is 524 g/mol. The second-order valence-corrected chi connectivity index (χ2v) is 9.63. The number of carboxylic acids is 1. The van der Waals surface area contributed by atoms with Crippen LogP contribution in [0.2, 0.25) is 0 Å². The van der Waals surface area contributed by atoms with Crippen molar-refractivity contribution in [1.29, 1.82) is 0 Å². The van der Waals surface area contributed by atoms with Crippen LogP contribution in [0.5, 0.6) is 11.5 Å². The standard InChI is InChI=1S/C30H24N2O5S/c1-36-25-8-4-5-20(13-25)18-37-26-16-22-7-3-2-6-21(22)15-23(26)17-27-29(35)32-30(38-27)31-24-11-9-19(10-12-24)14-28(33)34/h2-13,15-17H,14,18H2,1H3,(H,33,34)(H,31,32,35). The van der Waals surface area contributed by atoms with Gasteiger partial charge in [-0.25, -0.2) is 4.99 Å². The third kappa shape index (κ3) is 6.04. The zero-order valence-corrected chi connectivity index (χ0v) is 21.3. The largest absolute Gasteiger partial charge is 0.497 e. The number of carboxylic acid groups (broad SMARTS) is 1. The fraction of sp³-hybridized carbons (Fsp3) is 0.100. The van der Waals surface area contributed by atoms with Gasteiger partial charge in [0.25, 0.3) is 5.91 Å². The van der Waals surface area contributed by atoms with Crippen molar-refractivity contribution in [3.05, 3.63) is 107 Å². The van der Waals surface area contributed by atoms with Crippen LogP contribution in [0.25, 0.3) is 16.8 Å². The fourth-order valence-electron chi connectivity index (χ4n) is 4.00. The van der Waals surface area contributed by atoms with E-state index in [9.17, 15) is 9.59 Å². The lowest BCUT2D eigenvalue weighted by atomic mass is 10.1. The SMILES string of the molecule is COc1cccc(COc2cc3ccccc3cc2C=C2SC(=Nc3ccc(CC(=O)O)cc3)NC2=O)c1. The number of aliphatic imine (C=N–C) groups is 1. The van der Waals surface area contributed by atoms with Gasteiger partial charge in [0, 0.05) is 5.56 Å². The van der Waals surface area contributed by atoms with Gasteiger partial charge in [-0.15, -0.1) is 0 Å². The van der Waals surface area contributed by atoms with Gasteiger partial charge < -0.3 is 19.9 Å². The molecule has 38 heavy (non-hydrogen) atoms. The molecule has 7 nitrogen and oxygen atoms in total. The highest BCUT2D eigenvalue weighted by Gasteiger charge is 2.24. The van der Waals surface area contributed by atoms with Crippen molar-refractivity contribution in [3.8, 4) is 11.5 Å². The molecule has 2 N–H and O–H groups in total. The molecule has 0 aromatic heterocycles. The molecule has 5 rings (SSSR count). The summed E-state index contributed by atoms with van der Waals surface area (Å²) in [6, 6.07) is 26.6. The minimum absolute atomic E-state index is 0.0524. The number of nitrogens with one attached hydrogen (secondary N) is 1. The maximum atomic E-state index is 12.8. The van der Waals surface area contributed by atoms with E-state index in [4.69, 9.17) is 14.6 Å². The highest BCUT2D eigenvalue weighted by atomic mass is 32.2. The van der Waals surface area contributed by atoms with Crippen LogP contribution >= 0.6 is 11.8 Å². The average Bonchev–Trinajstić information content (AvgIpc) is 3.26. The summed E-state index contributed by atoms with van der Waals surface area (Å²) in [5, 5.41) is 14.3. The number of rotatable bonds is 8. The number of fused-ring (bicyclic) bond motifs is 1. The Labute approximate surface area is 223 Å². The minimum Gasteiger partial charge on any atom is -0.497 e. The van der Waals surface area contributed by atoms with Crippen LogP contribution in [0.15, 0.2) is 94.8 Å². The van der Waals surface area contributed by atoms with Crippen LogP contribution in [0.4, 0.5) is 5.69 Å². The van der Waals surface area contributed by atoms with Crippen LogP contribution in [0.3, 0.4) is 0 Å². The van der Waals surface area contributed by atoms with Crippen molar-refractivity contribution in [2.24, 2.45) is 4.99 Å². The van der Waals surface area contributed by atoms with Gasteiger partial charge in [0.2, 0.25) is 0 Å². The molecule has 4 aromatic carbocycles. The molecule has 0 atom stereocenters. The summed E-state index contributed by atoms with van der Waals surface area (Å²) in [5.74, 6) is 0.280. The number of methoxy groups -OCH3 is 1. The molecule has 0 aliphatic carbocycles. The van der Waals surface area contributed by atoms with Crippen molar-refractivity contribution in [2.45, 2.75) is 13.0 Å². The van der Waals surface area contributed by atoms with E-state index in [0.717, 1.165) is 27.6 Å². The zero-order chi connectivity index (χ0) is 26.5. The number of hydrogen-bond acceptors (Lipinski definition) is 6. The fourth-order valence-corrected chi connectivity index (χ4v) is 4.83. The van der Waals surface area contributed by atoms with E-state index in [1.165, 1.54) is 11.8 Å². The first-order valence-electron chi connectivity index (χ1n) is 11.9. The van der Waals surface area contributed by atoms with Crippen molar-refractivity contribution >= 4 is 51.3 Å². The number of thioether (sulfide) groups is 1. The van der Waals surface area contributed by atoms with E-state index >= 15 is 0 Å². The molecule has 0 bridgehead atoms. The number of nitrogens with zero attached hydrogens (tertiary/aromatic N) is 1. The van der Waals surface area contributed by atoms with Gasteiger partial charge in [-0.3, -0.25) is 9.59 Å². The lowest BCUT2D eigenvalue weighted by molar-refractivity contribution is -0.136. The van der Waals surface area contributed by atoms with E-state index in [1.807, 2.05) is 66.7 Å². The lowest BCUT2D eigenvalue weighted by Crippen LogP contribution is -2.19. The highest BCUT2D eigenvalue weighted by Crippen LogP contribution is 2.33. The Balaban J connectivity index is 1.40. The predicted octanol–water partition coefficient (Wildman–Crippen LogP) is 5.95. The van der Waals surface area contributed by atoms with Crippen LogP contribution in [0, 0.1) is 0 Å². The Bertz CT molecular complexity index is 1580. The van der Waals surface area contributed by atoms with Crippen LogP contribution < -0.4 is 14.8 Å². The second kappa shape index (κ2) is 11.2. The molecule has 1 saturated heterocycles. The number of carbonyl (C=O) groups is 2. The van der Waals surface area contributed by atoms with Crippen molar-refractivity contribution in [2.75, 3.05) is 7.11 Å². The van der Waals surface area contributed by atoms with Gasteiger partial charge in [-0.2, -0.15) is 0 Å². The van der Waals surface area contributed by atoms with Crippen molar-refractivity contribution in [1.82, 2.24) is 5.32 Å². The lowest BCUT2D eigenvalue weighted by Gasteiger charge is -2.12. The number of amides is 1. The Morgan fingerprint density at radius 1 is 0.974 bits per heavy atom. The van der Waals surface area contributed by atoms with Crippen molar-refractivity contribution in [3.63, 3.8) is 0 Å². The normalized spacial score (nSPS) is 15.1.